The van der Waals surface area contributed by atoms with Crippen LogP contribution in [0.4, 0.5) is 5.82 Å². The summed E-state index contributed by atoms with van der Waals surface area (Å²) < 4.78 is 0. The number of hydrogen-bond acceptors (Lipinski definition) is 3. The summed E-state index contributed by atoms with van der Waals surface area (Å²) in [5, 5.41) is 10.2. The summed E-state index contributed by atoms with van der Waals surface area (Å²) in [5.41, 5.74) is 1.28. The fraction of sp³-hybridized carbons (Fsp3) is 0.667. The first-order chi connectivity index (χ1) is 11.5. The highest BCUT2D eigenvalue weighted by molar-refractivity contribution is 5.70. The molecule has 1 N–H and O–H groups in total. The highest BCUT2D eigenvalue weighted by Gasteiger charge is 2.58. The van der Waals surface area contributed by atoms with E-state index in [0.717, 1.165) is 5.92 Å². The Kier molecular flexibility index (Phi) is 3.02. The topological polar surface area (TPSA) is 36.4 Å². The van der Waals surface area contributed by atoms with E-state index in [-0.39, 0.29) is 0 Å². The van der Waals surface area contributed by atoms with Gasteiger partial charge in [0.15, 0.2) is 0 Å². The second-order valence-electron chi connectivity index (χ2n) is 9.33. The molecule has 1 spiro atoms. The van der Waals surface area contributed by atoms with E-state index in [1.54, 1.807) is 0 Å². The van der Waals surface area contributed by atoms with Crippen molar-refractivity contribution in [3.05, 3.63) is 30.0 Å². The summed E-state index contributed by atoms with van der Waals surface area (Å²) in [5.74, 6) is 2.53. The fourth-order valence-corrected chi connectivity index (χ4v) is 5.38. The average molecular weight is 324 g/mol. The molecule has 3 nitrogen and oxygen atoms in total. The molecule has 3 heteroatoms. The van der Waals surface area contributed by atoms with Crippen LogP contribution in [0.1, 0.15) is 57.9 Å². The third kappa shape index (κ3) is 2.24. The summed E-state index contributed by atoms with van der Waals surface area (Å²) in [4.78, 5) is 7.39. The molecule has 5 rings (SSSR count). The lowest BCUT2D eigenvalue weighted by Gasteiger charge is -2.63. The zero-order valence-electron chi connectivity index (χ0n) is 14.8. The molecule has 0 amide bonds. The van der Waals surface area contributed by atoms with Crippen molar-refractivity contribution in [2.45, 2.75) is 70.1 Å². The molecule has 3 fully saturated rings. The van der Waals surface area contributed by atoms with E-state index >= 15 is 0 Å². The largest absolute Gasteiger partial charge is 0.390 e. The van der Waals surface area contributed by atoms with E-state index in [9.17, 15) is 5.11 Å². The van der Waals surface area contributed by atoms with Crippen molar-refractivity contribution in [3.63, 3.8) is 0 Å². The molecular formula is C21H28N2O. The van der Waals surface area contributed by atoms with Crippen LogP contribution >= 0.6 is 0 Å². The number of rotatable bonds is 3. The average Bonchev–Trinajstić information content (AvgIpc) is 3.27. The third-order valence-electron chi connectivity index (χ3n) is 7.05. The van der Waals surface area contributed by atoms with Crippen LogP contribution < -0.4 is 4.90 Å². The quantitative estimate of drug-likeness (QED) is 0.912. The molecule has 1 atom stereocenters. The van der Waals surface area contributed by atoms with Crippen LogP contribution in [0.25, 0.3) is 6.08 Å². The SMILES string of the molecule is CC(C)(O)C1CC2(CC(N3c4ncccc4C=CC3C3CC3)C2)C1. The van der Waals surface area contributed by atoms with Crippen LogP contribution in [0.2, 0.25) is 0 Å². The summed E-state index contributed by atoms with van der Waals surface area (Å²) in [7, 11) is 0. The smallest absolute Gasteiger partial charge is 0.136 e. The Balaban J connectivity index is 1.34. The summed E-state index contributed by atoms with van der Waals surface area (Å²) >= 11 is 0. The van der Waals surface area contributed by atoms with Crippen molar-refractivity contribution < 1.29 is 5.11 Å². The predicted octanol–water partition coefficient (Wildman–Crippen LogP) is 4.02. The van der Waals surface area contributed by atoms with Crippen LogP contribution in [-0.4, -0.2) is 27.8 Å². The van der Waals surface area contributed by atoms with Gasteiger partial charge in [0.25, 0.3) is 0 Å². The second kappa shape index (κ2) is 4.85. The summed E-state index contributed by atoms with van der Waals surface area (Å²) in [6, 6.07) is 5.43. The second-order valence-corrected chi connectivity index (χ2v) is 9.33. The van der Waals surface area contributed by atoms with Gasteiger partial charge in [0, 0.05) is 17.8 Å². The van der Waals surface area contributed by atoms with Gasteiger partial charge in [-0.15, -0.1) is 0 Å². The van der Waals surface area contributed by atoms with Gasteiger partial charge in [0.05, 0.1) is 11.6 Å². The molecule has 0 radical (unpaired) electrons. The Morgan fingerprint density at radius 1 is 1.21 bits per heavy atom. The van der Waals surface area contributed by atoms with Gasteiger partial charge >= 0.3 is 0 Å². The summed E-state index contributed by atoms with van der Waals surface area (Å²) in [6.07, 6.45) is 14.4. The molecule has 3 aliphatic carbocycles. The fourth-order valence-electron chi connectivity index (χ4n) is 5.38. The van der Waals surface area contributed by atoms with E-state index in [4.69, 9.17) is 4.98 Å². The van der Waals surface area contributed by atoms with Crippen molar-refractivity contribution in [3.8, 4) is 0 Å². The molecule has 1 unspecified atom stereocenters. The Morgan fingerprint density at radius 2 is 1.96 bits per heavy atom. The lowest BCUT2D eigenvalue weighted by Crippen LogP contribution is -2.61. The Labute approximate surface area is 144 Å². The van der Waals surface area contributed by atoms with E-state index in [2.05, 4.69) is 23.1 Å². The Morgan fingerprint density at radius 3 is 2.62 bits per heavy atom. The first-order valence-electron chi connectivity index (χ1n) is 9.59. The highest BCUT2D eigenvalue weighted by atomic mass is 16.3. The maximum atomic E-state index is 10.2. The summed E-state index contributed by atoms with van der Waals surface area (Å²) in [6.45, 7) is 3.94. The maximum Gasteiger partial charge on any atom is 0.136 e. The first-order valence-corrected chi connectivity index (χ1v) is 9.59. The van der Waals surface area contributed by atoms with Crippen molar-refractivity contribution in [1.29, 1.82) is 0 Å². The number of nitrogens with zero attached hydrogens (tertiary/aromatic N) is 2. The van der Waals surface area contributed by atoms with E-state index in [1.807, 2.05) is 26.1 Å². The molecule has 1 aromatic heterocycles. The molecule has 24 heavy (non-hydrogen) atoms. The molecule has 0 bridgehead atoms. The Hall–Kier alpha value is -1.35. The lowest BCUT2D eigenvalue weighted by molar-refractivity contribution is -0.125. The highest BCUT2D eigenvalue weighted by Crippen LogP contribution is 2.63. The minimum atomic E-state index is -0.505. The number of aliphatic hydroxyl groups is 1. The maximum absolute atomic E-state index is 10.2. The first kappa shape index (κ1) is 14.9. The van der Waals surface area contributed by atoms with Gasteiger partial charge in [0.2, 0.25) is 0 Å². The molecule has 4 aliphatic rings. The minimum Gasteiger partial charge on any atom is -0.390 e. The van der Waals surface area contributed by atoms with Crippen LogP contribution in [0.3, 0.4) is 0 Å². The van der Waals surface area contributed by atoms with Crippen molar-refractivity contribution >= 4 is 11.9 Å². The number of fused-ring (bicyclic) bond motifs is 1. The number of aromatic nitrogens is 1. The lowest BCUT2D eigenvalue weighted by atomic mass is 9.47. The van der Waals surface area contributed by atoms with Gasteiger partial charge in [0.1, 0.15) is 5.82 Å². The van der Waals surface area contributed by atoms with Crippen LogP contribution in [0.5, 0.6) is 0 Å². The van der Waals surface area contributed by atoms with Crippen LogP contribution in [0.15, 0.2) is 24.4 Å². The van der Waals surface area contributed by atoms with Gasteiger partial charge in [-0.2, -0.15) is 0 Å². The van der Waals surface area contributed by atoms with Gasteiger partial charge in [-0.05, 0) is 81.8 Å². The van der Waals surface area contributed by atoms with Gasteiger partial charge in [-0.25, -0.2) is 4.98 Å². The zero-order chi connectivity index (χ0) is 16.5. The molecule has 1 aromatic rings. The standard InChI is InChI=1S/C21H28N2O/c1-20(2,24)16-10-21(11-16)12-17(13-21)23-18(14-5-6-14)8-7-15-4-3-9-22-19(15)23/h3-4,7-9,14,16-18,24H,5-6,10-13H2,1-2H3. The molecule has 2 heterocycles. The number of anilines is 1. The monoisotopic (exact) mass is 324 g/mol. The van der Waals surface area contributed by atoms with E-state index in [1.165, 1.54) is 49.9 Å². The third-order valence-corrected chi connectivity index (χ3v) is 7.05. The molecular weight excluding hydrogens is 296 g/mol. The van der Waals surface area contributed by atoms with Gasteiger partial charge in [-0.1, -0.05) is 12.2 Å². The Bertz CT molecular complexity index is 671. The van der Waals surface area contributed by atoms with E-state index < -0.39 is 5.60 Å². The van der Waals surface area contributed by atoms with Gasteiger partial charge in [-0.3, -0.25) is 0 Å². The van der Waals surface area contributed by atoms with Crippen LogP contribution in [0, 0.1) is 17.3 Å². The number of hydrogen-bond donors (Lipinski definition) is 1. The molecule has 0 aromatic carbocycles. The molecule has 3 saturated carbocycles. The predicted molar refractivity (Wildman–Crippen MR) is 96.7 cm³/mol. The number of pyridine rings is 1. The minimum absolute atomic E-state index is 0.490. The normalized spacial score (nSPS) is 37.8. The van der Waals surface area contributed by atoms with Crippen molar-refractivity contribution in [2.75, 3.05) is 4.90 Å². The molecule has 128 valence electrons. The van der Waals surface area contributed by atoms with Gasteiger partial charge < -0.3 is 10.0 Å². The molecule has 1 aliphatic heterocycles. The van der Waals surface area contributed by atoms with Crippen molar-refractivity contribution in [2.24, 2.45) is 17.3 Å². The van der Waals surface area contributed by atoms with E-state index in [0.29, 0.717) is 23.4 Å². The van der Waals surface area contributed by atoms with Crippen LogP contribution in [-0.2, 0) is 0 Å². The zero-order valence-corrected chi connectivity index (χ0v) is 14.8. The molecule has 0 saturated heterocycles. The van der Waals surface area contributed by atoms with Crippen molar-refractivity contribution in [1.82, 2.24) is 4.98 Å².